The van der Waals surface area contributed by atoms with E-state index in [1.54, 1.807) is 12.5 Å². The second-order valence-electron chi connectivity index (χ2n) is 9.15. The number of hydrogen-bond donors (Lipinski definition) is 0. The van der Waals surface area contributed by atoms with Gasteiger partial charge in [0.1, 0.15) is 17.3 Å². The molecule has 6 rings (SSSR count). The number of nitrogens with zero attached hydrogens (tertiary/aromatic N) is 9. The van der Waals surface area contributed by atoms with E-state index in [0.29, 0.717) is 36.2 Å². The van der Waals surface area contributed by atoms with Crippen molar-refractivity contribution in [3.8, 4) is 11.4 Å². The van der Waals surface area contributed by atoms with Gasteiger partial charge in [-0.1, -0.05) is 0 Å². The number of imidazole rings is 1. The molecule has 0 spiro atoms. The smallest absolute Gasteiger partial charge is 0.228 e. The largest absolute Gasteiger partial charge is 0.367 e. The average molecular weight is 446 g/mol. The average Bonchev–Trinajstić information content (AvgIpc) is 3.36. The van der Waals surface area contributed by atoms with Gasteiger partial charge in [0.2, 0.25) is 5.95 Å². The van der Waals surface area contributed by atoms with Crippen molar-refractivity contribution in [1.82, 2.24) is 39.3 Å². The number of rotatable bonds is 4. The predicted molar refractivity (Wildman–Crippen MR) is 123 cm³/mol. The third kappa shape index (κ3) is 3.64. The summed E-state index contributed by atoms with van der Waals surface area (Å²) < 4.78 is 10.3. The molecule has 170 valence electrons. The SMILES string of the molecule is Cc1nc2nc(N3C[C@H](C)O[C@@H](c4cnn(C5CC5)c4)C3)nc(-c3cncn3C)c2nc1C. The summed E-state index contributed by atoms with van der Waals surface area (Å²) in [7, 11) is 1.95. The molecule has 4 aromatic rings. The first-order valence-corrected chi connectivity index (χ1v) is 11.4. The van der Waals surface area contributed by atoms with Crippen LogP contribution < -0.4 is 4.90 Å². The summed E-state index contributed by atoms with van der Waals surface area (Å²) in [6, 6.07) is 0.548. The number of morpholine rings is 1. The van der Waals surface area contributed by atoms with Crippen LogP contribution in [0.25, 0.3) is 22.6 Å². The molecule has 10 nitrogen and oxygen atoms in total. The lowest BCUT2D eigenvalue weighted by molar-refractivity contribution is -0.0178. The zero-order valence-corrected chi connectivity index (χ0v) is 19.3. The molecule has 33 heavy (non-hydrogen) atoms. The van der Waals surface area contributed by atoms with E-state index in [2.05, 4.69) is 32.8 Å². The zero-order chi connectivity index (χ0) is 22.7. The van der Waals surface area contributed by atoms with Crippen molar-refractivity contribution in [2.45, 2.75) is 51.9 Å². The lowest BCUT2D eigenvalue weighted by atomic mass is 10.1. The lowest BCUT2D eigenvalue weighted by Crippen LogP contribution is -2.43. The third-order valence-corrected chi connectivity index (χ3v) is 6.45. The second kappa shape index (κ2) is 7.58. The Morgan fingerprint density at radius 1 is 1.00 bits per heavy atom. The van der Waals surface area contributed by atoms with Crippen molar-refractivity contribution in [2.75, 3.05) is 18.0 Å². The van der Waals surface area contributed by atoms with Crippen LogP contribution in [0.5, 0.6) is 0 Å². The van der Waals surface area contributed by atoms with Crippen molar-refractivity contribution in [3.63, 3.8) is 0 Å². The first-order valence-electron chi connectivity index (χ1n) is 11.4. The van der Waals surface area contributed by atoms with Gasteiger partial charge in [-0.2, -0.15) is 10.1 Å². The summed E-state index contributed by atoms with van der Waals surface area (Å²) in [6.45, 7) is 7.34. The molecular weight excluding hydrogens is 418 g/mol. The van der Waals surface area contributed by atoms with Gasteiger partial charge in [-0.15, -0.1) is 0 Å². The molecular formula is C23H27N9O. The van der Waals surface area contributed by atoms with Crippen LogP contribution in [0.3, 0.4) is 0 Å². The summed E-state index contributed by atoms with van der Waals surface area (Å²) in [5.41, 5.74) is 5.73. The van der Waals surface area contributed by atoms with Crippen LogP contribution >= 0.6 is 0 Å². The molecule has 2 atom stereocenters. The van der Waals surface area contributed by atoms with Gasteiger partial charge < -0.3 is 14.2 Å². The van der Waals surface area contributed by atoms with Gasteiger partial charge >= 0.3 is 0 Å². The fourth-order valence-electron chi connectivity index (χ4n) is 4.36. The molecule has 0 aromatic carbocycles. The first kappa shape index (κ1) is 20.2. The Hall–Kier alpha value is -3.40. The van der Waals surface area contributed by atoms with E-state index in [4.69, 9.17) is 24.7 Å². The van der Waals surface area contributed by atoms with E-state index >= 15 is 0 Å². The maximum Gasteiger partial charge on any atom is 0.228 e. The zero-order valence-electron chi connectivity index (χ0n) is 19.3. The standard InChI is InChI=1S/C23H27N9O/c1-13-9-31(11-19(33-13)16-7-25-32(10-16)17-5-6-17)23-28-20(18-8-24-12-30(18)4)21-22(29-23)27-15(3)14(2)26-21/h7-8,10,12-13,17,19H,5-6,9,11H2,1-4H3/t13-,19+/m0/s1. The fraction of sp³-hybridized carbons (Fsp3) is 0.478. The monoisotopic (exact) mass is 445 g/mol. The maximum absolute atomic E-state index is 6.29. The number of hydrogen-bond acceptors (Lipinski definition) is 8. The van der Waals surface area contributed by atoms with E-state index in [1.807, 2.05) is 31.7 Å². The van der Waals surface area contributed by atoms with Crippen LogP contribution in [0.4, 0.5) is 5.95 Å². The topological polar surface area (TPSA) is 99.7 Å². The van der Waals surface area contributed by atoms with Gasteiger partial charge in [-0.05, 0) is 33.6 Å². The minimum atomic E-state index is -0.0912. The molecule has 2 fully saturated rings. The maximum atomic E-state index is 6.29. The number of ether oxygens (including phenoxy) is 1. The highest BCUT2D eigenvalue weighted by molar-refractivity contribution is 5.86. The molecule has 1 aliphatic heterocycles. The Morgan fingerprint density at radius 3 is 2.58 bits per heavy atom. The van der Waals surface area contributed by atoms with Crippen LogP contribution in [0.15, 0.2) is 24.9 Å². The Bertz CT molecular complexity index is 1340. The van der Waals surface area contributed by atoms with Crippen molar-refractivity contribution >= 4 is 17.1 Å². The van der Waals surface area contributed by atoms with Gasteiger partial charge in [0.15, 0.2) is 5.65 Å². The van der Waals surface area contributed by atoms with Gasteiger partial charge in [0.25, 0.3) is 0 Å². The molecule has 1 saturated carbocycles. The van der Waals surface area contributed by atoms with Gasteiger partial charge in [-0.25, -0.2) is 19.9 Å². The van der Waals surface area contributed by atoms with Crippen molar-refractivity contribution in [3.05, 3.63) is 41.9 Å². The van der Waals surface area contributed by atoms with Crippen LogP contribution in [0, 0.1) is 13.8 Å². The molecule has 1 saturated heterocycles. The summed E-state index contributed by atoms with van der Waals surface area (Å²) in [4.78, 5) is 25.8. The first-order chi connectivity index (χ1) is 16.0. The highest BCUT2D eigenvalue weighted by atomic mass is 16.5. The number of aryl methyl sites for hydroxylation is 3. The summed E-state index contributed by atoms with van der Waals surface area (Å²) in [5.74, 6) is 0.631. The van der Waals surface area contributed by atoms with Crippen molar-refractivity contribution in [2.24, 2.45) is 7.05 Å². The summed E-state index contributed by atoms with van der Waals surface area (Å²) >= 11 is 0. The lowest BCUT2D eigenvalue weighted by Gasteiger charge is -2.36. The Labute approximate surface area is 191 Å². The van der Waals surface area contributed by atoms with Gasteiger partial charge in [0, 0.05) is 25.4 Å². The van der Waals surface area contributed by atoms with Crippen molar-refractivity contribution in [1.29, 1.82) is 0 Å². The predicted octanol–water partition coefficient (Wildman–Crippen LogP) is 2.93. The molecule has 4 aromatic heterocycles. The molecule has 0 amide bonds. The van der Waals surface area contributed by atoms with Crippen LogP contribution in [0.1, 0.15) is 48.9 Å². The minimum absolute atomic E-state index is 0.0262. The molecule has 0 N–H and O–H groups in total. The fourth-order valence-corrected chi connectivity index (χ4v) is 4.36. The number of aromatic nitrogens is 8. The van der Waals surface area contributed by atoms with E-state index in [9.17, 15) is 0 Å². The minimum Gasteiger partial charge on any atom is -0.367 e. The summed E-state index contributed by atoms with van der Waals surface area (Å²) in [5, 5.41) is 4.55. The summed E-state index contributed by atoms with van der Waals surface area (Å²) in [6.07, 6.45) is 9.97. The van der Waals surface area contributed by atoms with E-state index < -0.39 is 0 Å². The molecule has 0 radical (unpaired) electrons. The van der Waals surface area contributed by atoms with Crippen LogP contribution in [-0.2, 0) is 11.8 Å². The molecule has 10 heteroatoms. The highest BCUT2D eigenvalue weighted by Crippen LogP contribution is 2.36. The normalized spacial score (nSPS) is 21.2. The quantitative estimate of drug-likeness (QED) is 0.473. The number of fused-ring (bicyclic) bond motifs is 1. The molecule has 0 bridgehead atoms. The Balaban J connectivity index is 1.41. The van der Waals surface area contributed by atoms with Gasteiger partial charge in [0.05, 0.1) is 54.5 Å². The molecule has 0 unspecified atom stereocenters. The van der Waals surface area contributed by atoms with Crippen molar-refractivity contribution < 1.29 is 4.74 Å². The third-order valence-electron chi connectivity index (χ3n) is 6.45. The van der Waals surface area contributed by atoms with Crippen LogP contribution in [0.2, 0.25) is 0 Å². The molecule has 2 aliphatic rings. The molecule has 1 aliphatic carbocycles. The van der Waals surface area contributed by atoms with E-state index in [0.717, 1.165) is 28.3 Å². The Kier molecular flexibility index (Phi) is 4.65. The van der Waals surface area contributed by atoms with Gasteiger partial charge in [-0.3, -0.25) is 4.68 Å². The van der Waals surface area contributed by atoms with E-state index in [-0.39, 0.29) is 12.2 Å². The number of anilines is 1. The Morgan fingerprint density at radius 2 is 1.82 bits per heavy atom. The molecule has 5 heterocycles. The van der Waals surface area contributed by atoms with Crippen LogP contribution in [-0.4, -0.2) is 58.5 Å². The second-order valence-corrected chi connectivity index (χ2v) is 9.15. The highest BCUT2D eigenvalue weighted by Gasteiger charge is 2.31. The van der Waals surface area contributed by atoms with E-state index in [1.165, 1.54) is 12.8 Å².